The fourth-order valence-electron chi connectivity index (χ4n) is 0.337. The van der Waals surface area contributed by atoms with Crippen molar-refractivity contribution in [3.63, 3.8) is 0 Å². The highest BCUT2D eigenvalue weighted by Crippen LogP contribution is 1.91. The average molecular weight is 154 g/mol. The molecule has 0 aromatic rings. The van der Waals surface area contributed by atoms with Gasteiger partial charge >= 0.3 is 0 Å². The molecule has 0 heterocycles. The molecule has 0 aliphatic carbocycles. The van der Waals surface area contributed by atoms with Crippen LogP contribution in [0.25, 0.3) is 0 Å². The molecule has 0 unspecified atom stereocenters. The Balaban J connectivity index is 0. The standard InChI is InChI=1S/C7H10O.C3H8/c1-3-5-7(4-2)6-8;1-3-2/h3-5,8H,1-2,6H2;3H2,1-2H3/b7-5+;. The van der Waals surface area contributed by atoms with Crippen molar-refractivity contribution >= 4 is 0 Å². The van der Waals surface area contributed by atoms with E-state index >= 15 is 0 Å². The van der Waals surface area contributed by atoms with Crippen LogP contribution in [0.5, 0.6) is 0 Å². The zero-order valence-electron chi connectivity index (χ0n) is 7.51. The van der Waals surface area contributed by atoms with Crippen LogP contribution in [0.3, 0.4) is 0 Å². The van der Waals surface area contributed by atoms with E-state index in [1.807, 2.05) is 0 Å². The second-order valence-electron chi connectivity index (χ2n) is 2.05. The summed E-state index contributed by atoms with van der Waals surface area (Å²) < 4.78 is 0. The quantitative estimate of drug-likeness (QED) is 0.620. The zero-order chi connectivity index (χ0) is 9.11. The van der Waals surface area contributed by atoms with Crippen molar-refractivity contribution in [2.45, 2.75) is 20.3 Å². The van der Waals surface area contributed by atoms with E-state index in [0.29, 0.717) is 0 Å². The predicted molar refractivity (Wildman–Crippen MR) is 51.5 cm³/mol. The number of allylic oxidation sites excluding steroid dienone is 2. The summed E-state index contributed by atoms with van der Waals surface area (Å²) in [7, 11) is 0. The lowest BCUT2D eigenvalue weighted by atomic mass is 10.2. The summed E-state index contributed by atoms with van der Waals surface area (Å²) in [6.45, 7) is 11.2. The van der Waals surface area contributed by atoms with E-state index in [-0.39, 0.29) is 6.61 Å². The van der Waals surface area contributed by atoms with Gasteiger partial charge in [-0.3, -0.25) is 0 Å². The fourth-order valence-corrected chi connectivity index (χ4v) is 0.337. The minimum Gasteiger partial charge on any atom is -0.392 e. The molecule has 11 heavy (non-hydrogen) atoms. The summed E-state index contributed by atoms with van der Waals surface area (Å²) in [6, 6.07) is 0. The highest BCUT2D eigenvalue weighted by molar-refractivity contribution is 5.20. The van der Waals surface area contributed by atoms with E-state index in [9.17, 15) is 0 Å². The molecule has 1 N–H and O–H groups in total. The van der Waals surface area contributed by atoms with E-state index in [2.05, 4.69) is 27.0 Å². The first-order chi connectivity index (χ1) is 5.26. The van der Waals surface area contributed by atoms with Crippen molar-refractivity contribution in [3.05, 3.63) is 37.0 Å². The normalized spacial score (nSPS) is 9.55. The lowest BCUT2D eigenvalue weighted by Gasteiger charge is -1.88. The van der Waals surface area contributed by atoms with Crippen LogP contribution in [0.15, 0.2) is 37.0 Å². The van der Waals surface area contributed by atoms with E-state index in [0.717, 1.165) is 5.57 Å². The Kier molecular flexibility index (Phi) is 13.9. The number of hydrogen-bond donors (Lipinski definition) is 1. The summed E-state index contributed by atoms with van der Waals surface area (Å²) in [5.74, 6) is 0. The van der Waals surface area contributed by atoms with E-state index in [1.54, 1.807) is 18.2 Å². The molecule has 0 spiro atoms. The van der Waals surface area contributed by atoms with Crippen LogP contribution in [0, 0.1) is 0 Å². The molecule has 64 valence electrons. The molecule has 0 aromatic heterocycles. The summed E-state index contributed by atoms with van der Waals surface area (Å²) >= 11 is 0. The first-order valence-corrected chi connectivity index (χ1v) is 3.81. The zero-order valence-corrected chi connectivity index (χ0v) is 7.51. The SMILES string of the molecule is C=C/C=C(\C=C)CO.CCC. The van der Waals surface area contributed by atoms with E-state index in [1.165, 1.54) is 6.42 Å². The highest BCUT2D eigenvalue weighted by Gasteiger charge is 1.80. The van der Waals surface area contributed by atoms with Crippen LogP contribution in [0.4, 0.5) is 0 Å². The second-order valence-corrected chi connectivity index (χ2v) is 2.05. The fraction of sp³-hybridized carbons (Fsp3) is 0.400. The van der Waals surface area contributed by atoms with Crippen LogP contribution in [0.2, 0.25) is 0 Å². The van der Waals surface area contributed by atoms with Gasteiger partial charge in [-0.05, 0) is 5.57 Å². The maximum atomic E-state index is 8.47. The molecular formula is C10H18O. The number of aliphatic hydroxyl groups excluding tert-OH is 1. The highest BCUT2D eigenvalue weighted by atomic mass is 16.3. The summed E-state index contributed by atoms with van der Waals surface area (Å²) in [5.41, 5.74) is 0.792. The van der Waals surface area contributed by atoms with Crippen molar-refractivity contribution < 1.29 is 5.11 Å². The first-order valence-electron chi connectivity index (χ1n) is 3.81. The molecule has 0 aromatic carbocycles. The molecule has 1 heteroatoms. The molecule has 0 saturated heterocycles. The van der Waals surface area contributed by atoms with Crippen molar-refractivity contribution in [2.75, 3.05) is 6.61 Å². The lowest BCUT2D eigenvalue weighted by molar-refractivity contribution is 0.335. The minimum atomic E-state index is 0.0372. The Morgan fingerprint density at radius 1 is 1.36 bits per heavy atom. The maximum absolute atomic E-state index is 8.47. The van der Waals surface area contributed by atoms with Gasteiger partial charge in [0.2, 0.25) is 0 Å². The molecule has 0 radical (unpaired) electrons. The van der Waals surface area contributed by atoms with Gasteiger partial charge < -0.3 is 5.11 Å². The monoisotopic (exact) mass is 154 g/mol. The Morgan fingerprint density at radius 3 is 1.91 bits per heavy atom. The molecule has 0 amide bonds. The van der Waals surface area contributed by atoms with E-state index in [4.69, 9.17) is 5.11 Å². The van der Waals surface area contributed by atoms with Crippen molar-refractivity contribution in [1.82, 2.24) is 0 Å². The molecule has 0 bridgehead atoms. The van der Waals surface area contributed by atoms with Gasteiger partial charge in [0.15, 0.2) is 0 Å². The van der Waals surface area contributed by atoms with Gasteiger partial charge in [-0.2, -0.15) is 0 Å². The molecular weight excluding hydrogens is 136 g/mol. The lowest BCUT2D eigenvalue weighted by Crippen LogP contribution is -1.82. The molecule has 0 aliphatic rings. The molecule has 0 saturated carbocycles. The average Bonchev–Trinajstić information content (AvgIpc) is 2.02. The number of aliphatic hydroxyl groups is 1. The molecule has 0 atom stereocenters. The third-order valence-corrected chi connectivity index (χ3v) is 0.777. The minimum absolute atomic E-state index is 0.0372. The van der Waals surface area contributed by atoms with Gasteiger partial charge in [0, 0.05) is 0 Å². The van der Waals surface area contributed by atoms with Gasteiger partial charge in [0.25, 0.3) is 0 Å². The summed E-state index contributed by atoms with van der Waals surface area (Å²) in [5, 5.41) is 8.47. The van der Waals surface area contributed by atoms with Gasteiger partial charge in [0.05, 0.1) is 6.61 Å². The Bertz CT molecular complexity index is 123. The van der Waals surface area contributed by atoms with Crippen molar-refractivity contribution in [3.8, 4) is 0 Å². The van der Waals surface area contributed by atoms with Crippen LogP contribution < -0.4 is 0 Å². The van der Waals surface area contributed by atoms with Gasteiger partial charge in [-0.15, -0.1) is 0 Å². The summed E-state index contributed by atoms with van der Waals surface area (Å²) in [4.78, 5) is 0. The van der Waals surface area contributed by atoms with Crippen LogP contribution in [-0.4, -0.2) is 11.7 Å². The van der Waals surface area contributed by atoms with Crippen LogP contribution >= 0.6 is 0 Å². The third-order valence-electron chi connectivity index (χ3n) is 0.777. The van der Waals surface area contributed by atoms with E-state index < -0.39 is 0 Å². The first kappa shape index (κ1) is 12.8. The van der Waals surface area contributed by atoms with Crippen LogP contribution in [0.1, 0.15) is 20.3 Å². The van der Waals surface area contributed by atoms with Crippen molar-refractivity contribution in [1.29, 1.82) is 0 Å². The largest absolute Gasteiger partial charge is 0.392 e. The summed E-state index contributed by atoms with van der Waals surface area (Å²) in [6.07, 6.45) is 6.18. The number of rotatable bonds is 3. The second kappa shape index (κ2) is 11.9. The Labute approximate surface area is 69.8 Å². The Hall–Kier alpha value is -0.820. The predicted octanol–water partition coefficient (Wildman–Crippen LogP) is 2.69. The third kappa shape index (κ3) is 12.4. The van der Waals surface area contributed by atoms with Crippen LogP contribution in [-0.2, 0) is 0 Å². The smallest absolute Gasteiger partial charge is 0.0681 e. The Morgan fingerprint density at radius 2 is 1.82 bits per heavy atom. The van der Waals surface area contributed by atoms with Crippen molar-refractivity contribution in [2.24, 2.45) is 0 Å². The molecule has 1 nitrogen and oxygen atoms in total. The van der Waals surface area contributed by atoms with Gasteiger partial charge in [-0.1, -0.05) is 51.7 Å². The topological polar surface area (TPSA) is 20.2 Å². The molecule has 0 aliphatic heterocycles. The van der Waals surface area contributed by atoms with Gasteiger partial charge in [-0.25, -0.2) is 0 Å². The molecule has 0 fully saturated rings. The molecule has 0 rings (SSSR count). The maximum Gasteiger partial charge on any atom is 0.0681 e. The number of hydrogen-bond acceptors (Lipinski definition) is 1. The van der Waals surface area contributed by atoms with Gasteiger partial charge in [0.1, 0.15) is 0 Å².